The minimum atomic E-state index is -0.426. The third-order valence-corrected chi connectivity index (χ3v) is 6.19. The van der Waals surface area contributed by atoms with Crippen LogP contribution in [0.4, 0.5) is 0 Å². The maximum absolute atomic E-state index is 9.72. The molecule has 0 bridgehead atoms. The lowest BCUT2D eigenvalue weighted by atomic mass is 9.93. The summed E-state index contributed by atoms with van der Waals surface area (Å²) >= 11 is 12.7. The van der Waals surface area contributed by atoms with Gasteiger partial charge in [-0.2, -0.15) is 5.26 Å². The molecule has 1 atom stereocenters. The molecule has 0 aliphatic carbocycles. The van der Waals surface area contributed by atoms with Gasteiger partial charge < -0.3 is 9.30 Å². The van der Waals surface area contributed by atoms with Crippen molar-refractivity contribution in [1.29, 1.82) is 5.26 Å². The number of nitriles is 1. The molecule has 4 aromatic rings. The maximum atomic E-state index is 9.72. The number of benzene rings is 3. The topological polar surface area (TPSA) is 50.8 Å². The Morgan fingerprint density at radius 1 is 1.03 bits per heavy atom. The van der Waals surface area contributed by atoms with Gasteiger partial charge >= 0.3 is 0 Å². The van der Waals surface area contributed by atoms with Gasteiger partial charge in [0.25, 0.3) is 0 Å². The van der Waals surface area contributed by atoms with E-state index in [1.807, 2.05) is 67.1 Å². The number of aromatic nitrogens is 2. The van der Waals surface area contributed by atoms with Crippen LogP contribution in [-0.2, 0) is 18.4 Å². The van der Waals surface area contributed by atoms with Crippen molar-refractivity contribution in [3.8, 4) is 17.2 Å². The molecule has 0 radical (unpaired) electrons. The molecule has 4 rings (SSSR count). The van der Waals surface area contributed by atoms with Gasteiger partial charge in [0.15, 0.2) is 0 Å². The first-order chi connectivity index (χ1) is 15.5. The van der Waals surface area contributed by atoms with Gasteiger partial charge in [0.05, 0.1) is 36.5 Å². The van der Waals surface area contributed by atoms with E-state index in [9.17, 15) is 5.26 Å². The van der Waals surface area contributed by atoms with Crippen molar-refractivity contribution in [2.45, 2.75) is 19.6 Å². The second-order valence-electron chi connectivity index (χ2n) is 7.55. The summed E-state index contributed by atoms with van der Waals surface area (Å²) in [5.74, 6) is 0. The number of aryl methyl sites for hydroxylation is 2. The van der Waals surface area contributed by atoms with E-state index >= 15 is 0 Å². The molecule has 0 spiro atoms. The molecule has 1 aromatic heterocycles. The van der Waals surface area contributed by atoms with Gasteiger partial charge in [-0.15, -0.1) is 12.4 Å². The highest BCUT2D eigenvalue weighted by Gasteiger charge is 2.21. The second kappa shape index (κ2) is 10.9. The molecule has 168 valence electrons. The Bertz CT molecular complexity index is 1290. The van der Waals surface area contributed by atoms with Crippen LogP contribution >= 0.6 is 35.6 Å². The van der Waals surface area contributed by atoms with E-state index < -0.39 is 6.10 Å². The van der Waals surface area contributed by atoms with E-state index in [0.717, 1.165) is 33.5 Å². The Balaban J connectivity index is 0.00000306. The molecule has 1 unspecified atom stereocenters. The molecular formula is C26H22Cl3N3O. The summed E-state index contributed by atoms with van der Waals surface area (Å²) in [7, 11) is 1.92. The lowest BCUT2D eigenvalue weighted by Gasteiger charge is -2.21. The average Bonchev–Trinajstić information content (AvgIpc) is 3.21. The largest absolute Gasteiger partial charge is 0.362 e. The zero-order chi connectivity index (χ0) is 22.7. The number of nitrogens with zero attached hydrogens (tertiary/aromatic N) is 3. The van der Waals surface area contributed by atoms with Crippen molar-refractivity contribution < 1.29 is 4.74 Å². The Kier molecular flexibility index (Phi) is 8.18. The first kappa shape index (κ1) is 24.8. The van der Waals surface area contributed by atoms with Crippen LogP contribution in [0.3, 0.4) is 0 Å². The van der Waals surface area contributed by atoms with Crippen LogP contribution in [0.5, 0.6) is 0 Å². The predicted molar refractivity (Wildman–Crippen MR) is 135 cm³/mol. The van der Waals surface area contributed by atoms with Gasteiger partial charge in [-0.3, -0.25) is 0 Å². The fourth-order valence-electron chi connectivity index (χ4n) is 3.73. The molecule has 0 aliphatic heterocycles. The number of imidazole rings is 1. The van der Waals surface area contributed by atoms with Crippen LogP contribution in [0.1, 0.15) is 34.1 Å². The van der Waals surface area contributed by atoms with Crippen LogP contribution in [0, 0.1) is 18.3 Å². The summed E-state index contributed by atoms with van der Waals surface area (Å²) in [4.78, 5) is 4.27. The summed E-state index contributed by atoms with van der Waals surface area (Å²) < 4.78 is 8.30. The molecule has 0 saturated carbocycles. The predicted octanol–water partition coefficient (Wildman–Crippen LogP) is 7.30. The summed E-state index contributed by atoms with van der Waals surface area (Å²) in [6.07, 6.45) is 3.09. The fraction of sp³-hybridized carbons (Fsp3) is 0.154. The lowest BCUT2D eigenvalue weighted by Crippen LogP contribution is -2.11. The number of hydrogen-bond acceptors (Lipinski definition) is 3. The minimum absolute atomic E-state index is 0. The highest BCUT2D eigenvalue weighted by molar-refractivity contribution is 6.35. The van der Waals surface area contributed by atoms with Crippen LogP contribution in [-0.4, -0.2) is 9.55 Å². The van der Waals surface area contributed by atoms with Crippen molar-refractivity contribution in [3.05, 3.63) is 111 Å². The van der Waals surface area contributed by atoms with E-state index in [0.29, 0.717) is 15.6 Å². The highest BCUT2D eigenvalue weighted by Crippen LogP contribution is 2.34. The number of halogens is 3. The lowest BCUT2D eigenvalue weighted by molar-refractivity contribution is 0.0623. The fourth-order valence-corrected chi connectivity index (χ4v) is 4.24. The third kappa shape index (κ3) is 5.24. The van der Waals surface area contributed by atoms with Gasteiger partial charge in [0.2, 0.25) is 0 Å². The van der Waals surface area contributed by atoms with Crippen molar-refractivity contribution in [3.63, 3.8) is 0 Å². The average molecular weight is 499 g/mol. The second-order valence-corrected chi connectivity index (χ2v) is 8.37. The van der Waals surface area contributed by atoms with E-state index in [1.165, 1.54) is 0 Å². The van der Waals surface area contributed by atoms with Gasteiger partial charge in [0.1, 0.15) is 6.10 Å². The SMILES string of the molecule is Cc1ccccc1-c1cc(C(OCc2c(Cl)cccc2Cl)c2cncn2C)ccc1C#N.Cl. The van der Waals surface area contributed by atoms with Gasteiger partial charge in [-0.1, -0.05) is 59.6 Å². The van der Waals surface area contributed by atoms with E-state index in [1.54, 1.807) is 24.7 Å². The molecular weight excluding hydrogens is 477 g/mol. The number of hydrogen-bond donors (Lipinski definition) is 0. The molecule has 1 heterocycles. The molecule has 0 fully saturated rings. The molecule has 4 nitrogen and oxygen atoms in total. The summed E-state index contributed by atoms with van der Waals surface area (Å²) in [6.45, 7) is 2.27. The summed E-state index contributed by atoms with van der Waals surface area (Å²) in [5, 5.41) is 10.8. The molecule has 0 aliphatic rings. The Labute approximate surface area is 209 Å². The molecule has 0 amide bonds. The molecule has 3 aromatic carbocycles. The van der Waals surface area contributed by atoms with Crippen LogP contribution < -0.4 is 0 Å². The highest BCUT2D eigenvalue weighted by atomic mass is 35.5. The molecule has 33 heavy (non-hydrogen) atoms. The Morgan fingerprint density at radius 3 is 2.39 bits per heavy atom. The van der Waals surface area contributed by atoms with Crippen molar-refractivity contribution in [1.82, 2.24) is 9.55 Å². The van der Waals surface area contributed by atoms with Crippen molar-refractivity contribution >= 4 is 35.6 Å². The zero-order valence-electron chi connectivity index (χ0n) is 18.1. The zero-order valence-corrected chi connectivity index (χ0v) is 20.5. The summed E-state index contributed by atoms with van der Waals surface area (Å²) in [6, 6.07) is 21.5. The van der Waals surface area contributed by atoms with Gasteiger partial charge in [0, 0.05) is 28.2 Å². The van der Waals surface area contributed by atoms with Gasteiger partial charge in [-0.25, -0.2) is 4.98 Å². The third-order valence-electron chi connectivity index (χ3n) is 5.48. The van der Waals surface area contributed by atoms with E-state index in [4.69, 9.17) is 27.9 Å². The van der Waals surface area contributed by atoms with Crippen LogP contribution in [0.15, 0.2) is 73.2 Å². The van der Waals surface area contributed by atoms with Crippen LogP contribution in [0.2, 0.25) is 10.0 Å². The summed E-state index contributed by atoms with van der Waals surface area (Å²) in [5.41, 5.74) is 6.12. The molecule has 0 saturated heterocycles. The van der Waals surface area contributed by atoms with E-state index in [-0.39, 0.29) is 19.0 Å². The van der Waals surface area contributed by atoms with Gasteiger partial charge in [-0.05, 0) is 47.9 Å². The smallest absolute Gasteiger partial charge is 0.124 e. The quantitative estimate of drug-likeness (QED) is 0.280. The normalized spacial score (nSPS) is 11.5. The van der Waals surface area contributed by atoms with Crippen molar-refractivity contribution in [2.75, 3.05) is 0 Å². The van der Waals surface area contributed by atoms with Crippen molar-refractivity contribution in [2.24, 2.45) is 7.05 Å². The Morgan fingerprint density at radius 2 is 1.76 bits per heavy atom. The Hall–Kier alpha value is -2.81. The monoisotopic (exact) mass is 497 g/mol. The maximum Gasteiger partial charge on any atom is 0.124 e. The van der Waals surface area contributed by atoms with Crippen LogP contribution in [0.25, 0.3) is 11.1 Å². The molecule has 0 N–H and O–H groups in total. The first-order valence-electron chi connectivity index (χ1n) is 10.1. The number of rotatable bonds is 6. The number of ether oxygens (including phenoxy) is 1. The van der Waals surface area contributed by atoms with E-state index in [2.05, 4.69) is 11.1 Å². The molecule has 7 heteroatoms. The first-order valence-corrected chi connectivity index (χ1v) is 10.9. The minimum Gasteiger partial charge on any atom is -0.362 e. The standard InChI is InChI=1S/C26H21Cl2N3O.ClH/c1-17-6-3-4-7-20(17)21-12-18(10-11-19(21)13-29)26(25-14-30-16-31(25)2)32-15-22-23(27)8-5-9-24(22)28;/h3-12,14,16,26H,15H2,1-2H3;1H.